The van der Waals surface area contributed by atoms with E-state index in [9.17, 15) is 10.4 Å². The first-order chi connectivity index (χ1) is 14.1. The summed E-state index contributed by atoms with van der Waals surface area (Å²) >= 11 is 1.24. The third kappa shape index (κ3) is 3.70. The molecule has 2 N–H and O–H groups in total. The van der Waals surface area contributed by atoms with Gasteiger partial charge >= 0.3 is 0 Å². The number of para-hydroxylation sites is 2. The number of aromatic amines is 1. The summed E-state index contributed by atoms with van der Waals surface area (Å²) < 4.78 is 1.61. The maximum atomic E-state index is 10.5. The van der Waals surface area contributed by atoms with Crippen LogP contribution in [-0.2, 0) is 0 Å². The number of nitriles is 1. The summed E-state index contributed by atoms with van der Waals surface area (Å²) in [5, 5.41) is 32.4. The van der Waals surface area contributed by atoms with Gasteiger partial charge in [0.15, 0.2) is 5.82 Å². The number of fused-ring (bicyclic) bond motifs is 1. The van der Waals surface area contributed by atoms with Gasteiger partial charge < -0.3 is 10.1 Å². The minimum atomic E-state index is -0.0915. The number of aryl methyl sites for hydroxylation is 2. The number of hydrogen-bond donors (Lipinski definition) is 2. The van der Waals surface area contributed by atoms with Crippen molar-refractivity contribution in [2.45, 2.75) is 19.0 Å². The number of aliphatic hydroxyl groups is 1. The monoisotopic (exact) mass is 403 g/mol. The number of imidazole rings is 1. The molecule has 0 spiro atoms. The molecule has 0 aliphatic heterocycles. The van der Waals surface area contributed by atoms with Crippen LogP contribution in [0.5, 0.6) is 0 Å². The van der Waals surface area contributed by atoms with Crippen LogP contribution in [0.3, 0.4) is 0 Å². The minimum Gasteiger partial charge on any atom is -0.510 e. The lowest BCUT2D eigenvalue weighted by Gasteiger charge is -2.07. The highest BCUT2D eigenvalue weighted by Gasteiger charge is 2.16. The zero-order chi connectivity index (χ0) is 20.4. The van der Waals surface area contributed by atoms with E-state index < -0.39 is 0 Å². The molecule has 4 rings (SSSR count). The molecule has 144 valence electrons. The highest BCUT2D eigenvalue weighted by atomic mass is 32.2. The molecule has 0 radical (unpaired) electrons. The van der Waals surface area contributed by atoms with E-state index in [1.54, 1.807) is 4.68 Å². The minimum absolute atomic E-state index is 0.0915. The molecule has 0 aliphatic rings. The summed E-state index contributed by atoms with van der Waals surface area (Å²) in [5.74, 6) is 0.372. The van der Waals surface area contributed by atoms with Crippen molar-refractivity contribution in [1.82, 2.24) is 30.2 Å². The Balaban J connectivity index is 1.59. The fraction of sp³-hybridized carbons (Fsp3) is 0.150. The number of nitrogens with zero attached hydrogens (tertiary/aromatic N) is 6. The first kappa shape index (κ1) is 18.7. The van der Waals surface area contributed by atoms with Crippen molar-refractivity contribution in [3.8, 4) is 11.8 Å². The van der Waals surface area contributed by atoms with Crippen LogP contribution in [0.15, 0.2) is 53.4 Å². The summed E-state index contributed by atoms with van der Waals surface area (Å²) in [5.41, 5.74) is 4.78. The van der Waals surface area contributed by atoms with Gasteiger partial charge in [0.25, 0.3) is 0 Å². The molecule has 0 fully saturated rings. The molecule has 0 unspecified atom stereocenters. The van der Waals surface area contributed by atoms with E-state index in [0.29, 0.717) is 11.0 Å². The van der Waals surface area contributed by atoms with E-state index in [2.05, 4.69) is 25.5 Å². The SMILES string of the molecule is Cc1ccc(-n2nnnc2SC/C(O)=C(\C#N)c2nc3ccccc3[nH]2)cc1C. The summed E-state index contributed by atoms with van der Waals surface area (Å²) in [7, 11) is 0. The molecule has 0 saturated heterocycles. The fourth-order valence-electron chi connectivity index (χ4n) is 2.82. The number of H-pyrrole nitrogens is 1. The Labute approximate surface area is 170 Å². The molecular formula is C20H17N7OS. The molecule has 2 aromatic heterocycles. The largest absolute Gasteiger partial charge is 0.510 e. The van der Waals surface area contributed by atoms with Gasteiger partial charge in [0.05, 0.1) is 22.5 Å². The van der Waals surface area contributed by atoms with Gasteiger partial charge in [-0.25, -0.2) is 4.98 Å². The lowest BCUT2D eigenvalue weighted by molar-refractivity contribution is 0.420. The number of hydrogen-bond acceptors (Lipinski definition) is 7. The van der Waals surface area contributed by atoms with Crippen molar-refractivity contribution in [1.29, 1.82) is 5.26 Å². The van der Waals surface area contributed by atoms with Gasteiger partial charge in [0.1, 0.15) is 17.4 Å². The smallest absolute Gasteiger partial charge is 0.214 e. The second-order valence-corrected chi connectivity index (χ2v) is 7.41. The molecule has 2 heterocycles. The maximum Gasteiger partial charge on any atom is 0.214 e. The Bertz CT molecular complexity index is 1230. The van der Waals surface area contributed by atoms with E-state index in [0.717, 1.165) is 22.3 Å². The third-order valence-electron chi connectivity index (χ3n) is 4.54. The Morgan fingerprint density at radius 2 is 2.03 bits per heavy atom. The van der Waals surface area contributed by atoms with Crippen molar-refractivity contribution >= 4 is 28.4 Å². The summed E-state index contributed by atoms with van der Waals surface area (Å²) in [6.07, 6.45) is 0. The molecule has 4 aromatic rings. The number of benzene rings is 2. The molecule has 29 heavy (non-hydrogen) atoms. The van der Waals surface area contributed by atoms with Crippen molar-refractivity contribution < 1.29 is 5.11 Å². The highest BCUT2D eigenvalue weighted by Crippen LogP contribution is 2.25. The van der Waals surface area contributed by atoms with Crippen molar-refractivity contribution in [3.05, 3.63) is 65.2 Å². The number of aromatic nitrogens is 6. The van der Waals surface area contributed by atoms with Gasteiger partial charge in [0, 0.05) is 0 Å². The molecule has 0 amide bonds. The van der Waals surface area contributed by atoms with Crippen LogP contribution in [0.1, 0.15) is 17.0 Å². The van der Waals surface area contributed by atoms with Crippen LogP contribution in [0.2, 0.25) is 0 Å². The Morgan fingerprint density at radius 1 is 1.21 bits per heavy atom. The number of rotatable bonds is 5. The first-order valence-corrected chi connectivity index (χ1v) is 9.81. The fourth-order valence-corrected chi connectivity index (χ4v) is 3.59. The maximum absolute atomic E-state index is 10.5. The number of tetrazole rings is 1. The number of nitrogens with one attached hydrogen (secondary N) is 1. The highest BCUT2D eigenvalue weighted by molar-refractivity contribution is 7.99. The second kappa shape index (κ2) is 7.77. The first-order valence-electron chi connectivity index (χ1n) is 8.83. The lowest BCUT2D eigenvalue weighted by atomic mass is 10.1. The third-order valence-corrected chi connectivity index (χ3v) is 5.47. The van der Waals surface area contributed by atoms with Gasteiger partial charge in [0.2, 0.25) is 5.16 Å². The van der Waals surface area contributed by atoms with Crippen LogP contribution in [0.4, 0.5) is 0 Å². The molecular weight excluding hydrogens is 386 g/mol. The van der Waals surface area contributed by atoms with Crippen molar-refractivity contribution in [2.75, 3.05) is 5.75 Å². The van der Waals surface area contributed by atoms with Crippen LogP contribution in [-0.4, -0.2) is 41.0 Å². The average Bonchev–Trinajstić information content (AvgIpc) is 3.35. The number of allylic oxidation sites excluding steroid dienone is 1. The molecule has 2 aromatic carbocycles. The number of thioether (sulfide) groups is 1. The average molecular weight is 403 g/mol. The quantitative estimate of drug-likeness (QED) is 0.296. The van der Waals surface area contributed by atoms with Crippen LogP contribution in [0, 0.1) is 25.2 Å². The van der Waals surface area contributed by atoms with E-state index in [-0.39, 0.29) is 17.1 Å². The number of aliphatic hydroxyl groups excluding tert-OH is 1. The molecule has 0 saturated carbocycles. The summed E-state index contributed by atoms with van der Waals surface area (Å²) in [6.45, 7) is 4.07. The van der Waals surface area contributed by atoms with Crippen molar-refractivity contribution in [2.24, 2.45) is 0 Å². The normalized spacial score (nSPS) is 12.0. The van der Waals surface area contributed by atoms with Crippen LogP contribution >= 0.6 is 11.8 Å². The summed E-state index contributed by atoms with van der Waals surface area (Å²) in [4.78, 5) is 7.45. The topological polar surface area (TPSA) is 116 Å². The molecule has 0 aliphatic carbocycles. The molecule has 0 atom stereocenters. The zero-order valence-electron chi connectivity index (χ0n) is 15.8. The molecule has 9 heteroatoms. The summed E-state index contributed by atoms with van der Waals surface area (Å²) in [6, 6.07) is 15.4. The van der Waals surface area contributed by atoms with Gasteiger partial charge in [-0.05, 0) is 59.7 Å². The van der Waals surface area contributed by atoms with E-state index >= 15 is 0 Å². The predicted molar refractivity (Wildman–Crippen MR) is 111 cm³/mol. The second-order valence-electron chi connectivity index (χ2n) is 6.47. The van der Waals surface area contributed by atoms with Gasteiger partial charge in [-0.3, -0.25) is 0 Å². The van der Waals surface area contributed by atoms with Gasteiger partial charge in [-0.1, -0.05) is 30.0 Å². The molecule has 0 bridgehead atoms. The van der Waals surface area contributed by atoms with Gasteiger partial charge in [-0.2, -0.15) is 9.94 Å². The van der Waals surface area contributed by atoms with E-state index in [1.165, 1.54) is 17.3 Å². The van der Waals surface area contributed by atoms with E-state index in [1.807, 2.05) is 62.4 Å². The van der Waals surface area contributed by atoms with E-state index in [4.69, 9.17) is 0 Å². The van der Waals surface area contributed by atoms with Crippen molar-refractivity contribution in [3.63, 3.8) is 0 Å². The Morgan fingerprint density at radius 3 is 2.79 bits per heavy atom. The Hall–Kier alpha value is -3.64. The standard InChI is InChI=1S/C20H17N7OS/c1-12-7-8-14(9-13(12)2)27-20(24-25-26-27)29-11-18(28)15(10-21)19-22-16-5-3-4-6-17(16)23-19/h3-9,28H,11H2,1-2H3,(H,22,23)/b18-15-. The van der Waals surface area contributed by atoms with Gasteiger partial charge in [-0.15, -0.1) is 5.10 Å². The lowest BCUT2D eigenvalue weighted by Crippen LogP contribution is -2.01. The van der Waals surface area contributed by atoms with Crippen LogP contribution in [0.25, 0.3) is 22.3 Å². The molecule has 8 nitrogen and oxygen atoms in total. The zero-order valence-corrected chi connectivity index (χ0v) is 16.6. The predicted octanol–water partition coefficient (Wildman–Crippen LogP) is 3.74. The van der Waals surface area contributed by atoms with Crippen LogP contribution < -0.4 is 0 Å². The Kier molecular flexibility index (Phi) is 5.01.